The summed E-state index contributed by atoms with van der Waals surface area (Å²) < 4.78 is 50.9. The molecule has 2 aromatic rings. The van der Waals surface area contributed by atoms with E-state index in [2.05, 4.69) is 21.3 Å². The van der Waals surface area contributed by atoms with Gasteiger partial charge in [0.1, 0.15) is 23.7 Å². The summed E-state index contributed by atoms with van der Waals surface area (Å²) in [5.74, 6) is -2.50. The van der Waals surface area contributed by atoms with Gasteiger partial charge in [-0.2, -0.15) is 13.2 Å². The second kappa shape index (κ2) is 20.9. The molecular weight excluding hydrogens is 743 g/mol. The molecule has 0 aliphatic carbocycles. The van der Waals surface area contributed by atoms with E-state index in [9.17, 15) is 37.1 Å². The van der Waals surface area contributed by atoms with Gasteiger partial charge in [0.05, 0.1) is 38.0 Å². The van der Waals surface area contributed by atoms with Crippen LogP contribution in [0.2, 0.25) is 0 Å². The van der Waals surface area contributed by atoms with Gasteiger partial charge in [0, 0.05) is 19.5 Å². The van der Waals surface area contributed by atoms with E-state index >= 15 is 0 Å². The van der Waals surface area contributed by atoms with Crippen LogP contribution in [0.4, 0.5) is 13.2 Å². The molecule has 0 aromatic heterocycles. The average molecular weight is 802 g/mol. The Morgan fingerprint density at radius 1 is 0.719 bits per heavy atom. The molecule has 0 bridgehead atoms. The minimum atomic E-state index is -4.57. The van der Waals surface area contributed by atoms with Crippen molar-refractivity contribution in [2.45, 2.75) is 109 Å². The highest BCUT2D eigenvalue weighted by Gasteiger charge is 2.50. The van der Waals surface area contributed by atoms with Crippen molar-refractivity contribution in [2.75, 3.05) is 39.5 Å². The quantitative estimate of drug-likeness (QED) is 0.138. The third kappa shape index (κ3) is 14.8. The van der Waals surface area contributed by atoms with Crippen molar-refractivity contribution >= 4 is 29.4 Å². The van der Waals surface area contributed by atoms with Crippen LogP contribution < -0.4 is 21.3 Å². The molecule has 0 spiro atoms. The molecule has 1 unspecified atom stereocenters. The fourth-order valence-electron chi connectivity index (χ4n) is 6.61. The molecule has 2 heterocycles. The number of benzene rings is 2. The smallest absolute Gasteiger partial charge is 0.379 e. The summed E-state index contributed by atoms with van der Waals surface area (Å²) in [7, 11) is 0. The SMILES string of the molecule is CC(C)CC[C@H](NC(=O)[C@H](CCc1ccccc1)NC(=O)CN1CCOCC1)C(=O)N[C@@H](Cc1ccc(C(F)(F)F)cc1)C(=O)NC(CC(C)C)C(=O)[C@@]1(C)CO1. The third-order valence-corrected chi connectivity index (χ3v) is 10.1. The summed E-state index contributed by atoms with van der Waals surface area (Å²) in [6.45, 7) is 11.8. The van der Waals surface area contributed by atoms with Crippen LogP contribution in [0.5, 0.6) is 0 Å². The second-order valence-electron chi connectivity index (χ2n) is 16.1. The number of Topliss-reactive ketones (excluding diaryl/α,β-unsaturated/α-hetero) is 1. The van der Waals surface area contributed by atoms with Crippen LogP contribution in [-0.4, -0.2) is 104 Å². The van der Waals surface area contributed by atoms with E-state index in [1.165, 1.54) is 12.1 Å². The zero-order valence-corrected chi connectivity index (χ0v) is 33.6. The van der Waals surface area contributed by atoms with Crippen LogP contribution in [0.1, 0.15) is 77.0 Å². The van der Waals surface area contributed by atoms with Crippen molar-refractivity contribution < 1.29 is 46.6 Å². The molecule has 4 rings (SSSR count). The summed E-state index contributed by atoms with van der Waals surface area (Å²) in [5.41, 5.74) is -0.619. The van der Waals surface area contributed by atoms with E-state index < -0.39 is 59.2 Å². The molecular formula is C42H58F3N5O7. The number of ether oxygens (including phenoxy) is 2. The van der Waals surface area contributed by atoms with Crippen molar-refractivity contribution in [3.05, 3.63) is 71.3 Å². The number of carbonyl (C=O) groups excluding carboxylic acids is 5. The van der Waals surface area contributed by atoms with E-state index in [1.54, 1.807) is 6.92 Å². The Kier molecular flexibility index (Phi) is 16.6. The fraction of sp³-hybridized carbons (Fsp3) is 0.595. The number of aryl methyl sites for hydroxylation is 1. The van der Waals surface area contributed by atoms with Crippen LogP contribution in [0, 0.1) is 11.8 Å². The van der Waals surface area contributed by atoms with E-state index in [1.807, 2.05) is 62.9 Å². The first kappa shape index (κ1) is 45.4. The van der Waals surface area contributed by atoms with Crippen LogP contribution >= 0.6 is 0 Å². The number of nitrogens with zero attached hydrogens (tertiary/aromatic N) is 1. The Morgan fingerprint density at radius 3 is 1.84 bits per heavy atom. The first-order valence-corrected chi connectivity index (χ1v) is 19.8. The fourth-order valence-corrected chi connectivity index (χ4v) is 6.61. The van der Waals surface area contributed by atoms with Gasteiger partial charge >= 0.3 is 6.18 Å². The second-order valence-corrected chi connectivity index (χ2v) is 16.1. The molecule has 2 saturated heterocycles. The van der Waals surface area contributed by atoms with Gasteiger partial charge in [-0.15, -0.1) is 0 Å². The maximum atomic E-state index is 14.2. The Morgan fingerprint density at radius 2 is 1.28 bits per heavy atom. The molecule has 0 radical (unpaired) electrons. The van der Waals surface area contributed by atoms with Crippen molar-refractivity contribution in [1.82, 2.24) is 26.2 Å². The molecule has 4 N–H and O–H groups in total. The Hall–Kier alpha value is -4.34. The molecule has 12 nitrogen and oxygen atoms in total. The number of hydrogen-bond acceptors (Lipinski definition) is 8. The summed E-state index contributed by atoms with van der Waals surface area (Å²) in [4.78, 5) is 70.8. The van der Waals surface area contributed by atoms with Gasteiger partial charge in [-0.1, -0.05) is 70.2 Å². The molecule has 15 heteroatoms. The lowest BCUT2D eigenvalue weighted by Gasteiger charge is -2.28. The zero-order valence-electron chi connectivity index (χ0n) is 33.6. The first-order valence-electron chi connectivity index (χ1n) is 19.8. The molecule has 2 aliphatic rings. The summed E-state index contributed by atoms with van der Waals surface area (Å²) in [6, 6.07) is 9.35. The number of morpholine rings is 1. The van der Waals surface area contributed by atoms with Crippen LogP contribution in [0.3, 0.4) is 0 Å². The molecule has 314 valence electrons. The van der Waals surface area contributed by atoms with E-state index in [4.69, 9.17) is 9.47 Å². The van der Waals surface area contributed by atoms with Crippen molar-refractivity contribution in [3.63, 3.8) is 0 Å². The molecule has 0 saturated carbocycles. The lowest BCUT2D eigenvalue weighted by atomic mass is 9.93. The largest absolute Gasteiger partial charge is 0.416 e. The summed E-state index contributed by atoms with van der Waals surface area (Å²) >= 11 is 0. The number of rotatable bonds is 21. The Labute approximate surface area is 333 Å². The highest BCUT2D eigenvalue weighted by Crippen LogP contribution is 2.30. The topological polar surface area (TPSA) is 158 Å². The molecule has 57 heavy (non-hydrogen) atoms. The predicted molar refractivity (Wildman–Crippen MR) is 208 cm³/mol. The number of alkyl halides is 3. The monoisotopic (exact) mass is 801 g/mol. The highest BCUT2D eigenvalue weighted by atomic mass is 19.4. The number of epoxide rings is 1. The number of carbonyl (C=O) groups is 5. The average Bonchev–Trinajstić information content (AvgIpc) is 3.92. The lowest BCUT2D eigenvalue weighted by molar-refractivity contribution is -0.137. The van der Waals surface area contributed by atoms with Gasteiger partial charge in [0.15, 0.2) is 5.78 Å². The Bertz CT molecular complexity index is 1650. The van der Waals surface area contributed by atoms with Gasteiger partial charge in [-0.3, -0.25) is 28.9 Å². The normalized spacial score (nSPS) is 19.3. The van der Waals surface area contributed by atoms with Crippen LogP contribution in [-0.2, 0) is 52.5 Å². The summed E-state index contributed by atoms with van der Waals surface area (Å²) in [6.07, 6.45) is -3.05. The summed E-state index contributed by atoms with van der Waals surface area (Å²) in [5, 5.41) is 11.2. The maximum Gasteiger partial charge on any atom is 0.416 e. The number of nitrogens with one attached hydrogen (secondary N) is 4. The minimum absolute atomic E-state index is 0.00405. The molecule has 4 amide bonds. The van der Waals surface area contributed by atoms with E-state index in [-0.39, 0.29) is 55.9 Å². The van der Waals surface area contributed by atoms with E-state index in [0.29, 0.717) is 51.1 Å². The van der Waals surface area contributed by atoms with Gasteiger partial charge in [-0.25, -0.2) is 0 Å². The Balaban J connectivity index is 1.57. The number of halogens is 3. The number of amides is 4. The lowest BCUT2D eigenvalue weighted by Crippen LogP contribution is -2.59. The molecule has 5 atom stereocenters. The van der Waals surface area contributed by atoms with Gasteiger partial charge in [0.2, 0.25) is 23.6 Å². The highest BCUT2D eigenvalue weighted by molar-refractivity contribution is 5.98. The van der Waals surface area contributed by atoms with Gasteiger partial charge in [0.25, 0.3) is 0 Å². The third-order valence-electron chi connectivity index (χ3n) is 10.1. The molecule has 2 fully saturated rings. The van der Waals surface area contributed by atoms with Crippen LogP contribution in [0.15, 0.2) is 54.6 Å². The van der Waals surface area contributed by atoms with Crippen molar-refractivity contribution in [3.8, 4) is 0 Å². The van der Waals surface area contributed by atoms with Crippen molar-refractivity contribution in [1.29, 1.82) is 0 Å². The molecule has 2 aromatic carbocycles. The molecule has 2 aliphatic heterocycles. The number of ketones is 1. The minimum Gasteiger partial charge on any atom is -0.379 e. The van der Waals surface area contributed by atoms with Crippen molar-refractivity contribution in [2.24, 2.45) is 11.8 Å². The van der Waals surface area contributed by atoms with Gasteiger partial charge in [-0.05, 0) is 74.1 Å². The first-order chi connectivity index (χ1) is 26.9. The predicted octanol–water partition coefficient (Wildman–Crippen LogP) is 3.99. The zero-order chi connectivity index (χ0) is 41.8. The van der Waals surface area contributed by atoms with Gasteiger partial charge < -0.3 is 30.7 Å². The van der Waals surface area contributed by atoms with E-state index in [0.717, 1.165) is 17.7 Å². The van der Waals surface area contributed by atoms with Crippen LogP contribution in [0.25, 0.3) is 0 Å². The number of hydrogen-bond donors (Lipinski definition) is 4. The maximum absolute atomic E-state index is 14.2. The standard InChI is InChI=1S/C42H58F3N5O7/c1-27(2)11-17-33(47-38(53)32(18-14-29-9-7-6-8-10-29)46-36(51)25-50-19-21-56-22-20-50)39(54)49-35(24-30-12-15-31(16-13-30)42(43,44)45)40(55)48-34(23-28(3)4)37(52)41(5)26-57-41/h6-10,12-13,15-16,27-28,32-35H,11,14,17-26H2,1-5H3,(H,46,51)(H,47,53)(H,48,55)(H,49,54)/t32-,33-,34?,35-,41+/m0/s1.